The molecule has 0 aromatic heterocycles. The molecule has 2 amide bonds. The highest BCUT2D eigenvalue weighted by Gasteiger charge is 2.25. The summed E-state index contributed by atoms with van der Waals surface area (Å²) < 4.78 is 18.7. The number of urea groups is 1. The van der Waals surface area contributed by atoms with Gasteiger partial charge in [0, 0.05) is 32.3 Å². The Morgan fingerprint density at radius 3 is 2.34 bits per heavy atom. The first-order chi connectivity index (χ1) is 15.4. The largest absolute Gasteiger partial charge is 0.379 e. The number of ether oxygens (including phenoxy) is 1. The zero-order chi connectivity index (χ0) is 22.9. The average Bonchev–Trinajstić information content (AvgIpc) is 2.80. The van der Waals surface area contributed by atoms with Crippen LogP contribution in [0.3, 0.4) is 0 Å². The lowest BCUT2D eigenvalue weighted by Crippen LogP contribution is -2.45. The van der Waals surface area contributed by atoms with Crippen LogP contribution in [0.2, 0.25) is 0 Å². The Morgan fingerprint density at radius 1 is 1.06 bits per heavy atom. The fourth-order valence-corrected chi connectivity index (χ4v) is 4.83. The van der Waals surface area contributed by atoms with Crippen LogP contribution in [0, 0.1) is 17.7 Å². The molecule has 1 aromatic rings. The highest BCUT2D eigenvalue weighted by Crippen LogP contribution is 2.25. The van der Waals surface area contributed by atoms with Crippen LogP contribution < -0.4 is 5.32 Å². The molecule has 178 valence electrons. The number of benzene rings is 1. The van der Waals surface area contributed by atoms with E-state index in [1.165, 1.54) is 12.1 Å². The number of amides is 2. The molecule has 0 bridgehead atoms. The van der Waals surface area contributed by atoms with Gasteiger partial charge in [0.05, 0.1) is 12.6 Å². The summed E-state index contributed by atoms with van der Waals surface area (Å²) in [4.78, 5) is 28.9. The summed E-state index contributed by atoms with van der Waals surface area (Å²) in [6.07, 6.45) is 6.74. The van der Waals surface area contributed by atoms with Gasteiger partial charge < -0.3 is 15.0 Å². The molecular weight excluding hydrogens is 409 g/mol. The molecular formula is C25H38FN3O3. The molecule has 1 N–H and O–H groups in total. The zero-order valence-corrected chi connectivity index (χ0v) is 19.5. The van der Waals surface area contributed by atoms with E-state index in [2.05, 4.69) is 10.2 Å². The van der Waals surface area contributed by atoms with Gasteiger partial charge in [-0.15, -0.1) is 0 Å². The number of halogens is 1. The van der Waals surface area contributed by atoms with Crippen LogP contribution >= 0.6 is 0 Å². The van der Waals surface area contributed by atoms with Gasteiger partial charge in [0.2, 0.25) is 0 Å². The SMILES string of the molecule is CCO[C@H]1CC[C@H](CNC(=O)N(C)CC2CCN(CC(=O)c3ccc(F)cc3)CC2)CC1. The minimum Gasteiger partial charge on any atom is -0.379 e. The van der Waals surface area contributed by atoms with E-state index in [0.717, 1.165) is 71.3 Å². The van der Waals surface area contributed by atoms with Crippen molar-refractivity contribution in [2.24, 2.45) is 11.8 Å². The Balaban J connectivity index is 1.31. The molecule has 32 heavy (non-hydrogen) atoms. The number of hydrogen-bond donors (Lipinski definition) is 1. The van der Waals surface area contributed by atoms with Crippen molar-refractivity contribution in [1.82, 2.24) is 15.1 Å². The van der Waals surface area contributed by atoms with Crippen LogP contribution in [0.15, 0.2) is 24.3 Å². The van der Waals surface area contributed by atoms with Gasteiger partial charge in [-0.2, -0.15) is 0 Å². The number of nitrogens with zero attached hydrogens (tertiary/aromatic N) is 2. The standard InChI is InChI=1S/C25H38FN3O3/c1-3-32-23-10-4-19(5-11-23)16-27-25(31)28(2)17-20-12-14-29(15-13-20)18-24(30)21-6-8-22(26)9-7-21/h6-9,19-20,23H,3-5,10-18H2,1-2H3,(H,27,31)/t19-,23-. The summed E-state index contributed by atoms with van der Waals surface area (Å²) in [5.74, 6) is 0.690. The summed E-state index contributed by atoms with van der Waals surface area (Å²) in [5, 5.41) is 3.11. The van der Waals surface area contributed by atoms with E-state index in [1.54, 1.807) is 17.0 Å². The van der Waals surface area contributed by atoms with Crippen LogP contribution in [-0.2, 0) is 4.74 Å². The smallest absolute Gasteiger partial charge is 0.317 e. The number of ketones is 1. The van der Waals surface area contributed by atoms with Crippen molar-refractivity contribution in [3.63, 3.8) is 0 Å². The molecule has 0 unspecified atom stereocenters. The second-order valence-electron chi connectivity index (χ2n) is 9.31. The molecule has 0 spiro atoms. The van der Waals surface area contributed by atoms with Crippen molar-refractivity contribution >= 4 is 11.8 Å². The third-order valence-electron chi connectivity index (χ3n) is 6.86. The van der Waals surface area contributed by atoms with Gasteiger partial charge in [-0.1, -0.05) is 0 Å². The molecule has 2 fully saturated rings. The van der Waals surface area contributed by atoms with Gasteiger partial charge in [0.15, 0.2) is 5.78 Å². The zero-order valence-electron chi connectivity index (χ0n) is 19.5. The average molecular weight is 448 g/mol. The predicted molar refractivity (Wildman–Crippen MR) is 123 cm³/mol. The van der Waals surface area contributed by atoms with Gasteiger partial charge in [0.1, 0.15) is 5.82 Å². The molecule has 1 saturated carbocycles. The molecule has 1 aromatic carbocycles. The number of piperidine rings is 1. The van der Waals surface area contributed by atoms with Gasteiger partial charge >= 0.3 is 6.03 Å². The predicted octanol–water partition coefficient (Wildman–Crippen LogP) is 3.96. The summed E-state index contributed by atoms with van der Waals surface area (Å²) in [6, 6.07) is 5.75. The summed E-state index contributed by atoms with van der Waals surface area (Å²) in [6.45, 7) is 6.35. The van der Waals surface area contributed by atoms with E-state index < -0.39 is 0 Å². The molecule has 6 nitrogen and oxygen atoms in total. The fourth-order valence-electron chi connectivity index (χ4n) is 4.83. The maximum Gasteiger partial charge on any atom is 0.317 e. The van der Waals surface area contributed by atoms with Gasteiger partial charge in [-0.05, 0) is 94.6 Å². The van der Waals surface area contributed by atoms with E-state index in [0.29, 0.717) is 30.0 Å². The molecule has 0 atom stereocenters. The van der Waals surface area contributed by atoms with Crippen LogP contribution in [0.5, 0.6) is 0 Å². The van der Waals surface area contributed by atoms with Crippen molar-refractivity contribution < 1.29 is 18.7 Å². The van der Waals surface area contributed by atoms with Gasteiger partial charge in [-0.3, -0.25) is 9.69 Å². The van der Waals surface area contributed by atoms with Crippen LogP contribution in [-0.4, -0.2) is 74.1 Å². The number of carbonyl (C=O) groups is 2. The fraction of sp³-hybridized carbons (Fsp3) is 0.680. The van der Waals surface area contributed by atoms with E-state index in [4.69, 9.17) is 4.74 Å². The number of carbonyl (C=O) groups excluding carboxylic acids is 2. The minimum absolute atomic E-state index is 0.00542. The molecule has 0 radical (unpaired) electrons. The molecule has 7 heteroatoms. The quantitative estimate of drug-likeness (QED) is 0.582. The van der Waals surface area contributed by atoms with Gasteiger partial charge in [0.25, 0.3) is 0 Å². The first kappa shape index (κ1) is 24.6. The molecule has 3 rings (SSSR count). The van der Waals surface area contributed by atoms with Crippen molar-refractivity contribution in [2.45, 2.75) is 51.6 Å². The lowest BCUT2D eigenvalue weighted by molar-refractivity contribution is 0.0259. The lowest BCUT2D eigenvalue weighted by Gasteiger charge is -2.34. The van der Waals surface area contributed by atoms with Crippen molar-refractivity contribution in [2.75, 3.05) is 46.4 Å². The van der Waals surface area contributed by atoms with Crippen molar-refractivity contribution in [3.8, 4) is 0 Å². The number of Topliss-reactive ketones (excluding diaryl/α,β-unsaturated/α-hetero) is 1. The molecule has 2 aliphatic rings. The van der Waals surface area contributed by atoms with E-state index in [1.807, 2.05) is 14.0 Å². The molecule has 1 aliphatic carbocycles. The Bertz CT molecular complexity index is 726. The highest BCUT2D eigenvalue weighted by molar-refractivity contribution is 5.97. The van der Waals surface area contributed by atoms with E-state index in [9.17, 15) is 14.0 Å². The summed E-state index contributed by atoms with van der Waals surface area (Å²) in [5.41, 5.74) is 0.552. The normalized spacial score (nSPS) is 22.5. The maximum atomic E-state index is 13.0. The highest BCUT2D eigenvalue weighted by atomic mass is 19.1. The summed E-state index contributed by atoms with van der Waals surface area (Å²) >= 11 is 0. The van der Waals surface area contributed by atoms with Gasteiger partial charge in [-0.25, -0.2) is 9.18 Å². The molecule has 1 heterocycles. The van der Waals surface area contributed by atoms with Crippen LogP contribution in [0.4, 0.5) is 9.18 Å². The molecule has 1 aliphatic heterocycles. The number of hydrogen-bond acceptors (Lipinski definition) is 4. The summed E-state index contributed by atoms with van der Waals surface area (Å²) in [7, 11) is 1.87. The van der Waals surface area contributed by atoms with Crippen LogP contribution in [0.1, 0.15) is 55.8 Å². The van der Waals surface area contributed by atoms with Crippen molar-refractivity contribution in [3.05, 3.63) is 35.6 Å². The third-order valence-corrected chi connectivity index (χ3v) is 6.86. The maximum absolute atomic E-state index is 13.0. The van der Waals surface area contributed by atoms with Crippen LogP contribution in [0.25, 0.3) is 0 Å². The third kappa shape index (κ3) is 7.55. The monoisotopic (exact) mass is 447 g/mol. The second kappa shape index (κ2) is 12.3. The first-order valence-electron chi connectivity index (χ1n) is 12.1. The Hall–Kier alpha value is -1.99. The Labute approximate surface area is 191 Å². The Kier molecular flexibility index (Phi) is 9.48. The number of likely N-dealkylation sites (tertiary alicyclic amines) is 1. The molecule has 1 saturated heterocycles. The Morgan fingerprint density at radius 2 is 1.72 bits per heavy atom. The van der Waals surface area contributed by atoms with E-state index in [-0.39, 0.29) is 17.6 Å². The van der Waals surface area contributed by atoms with Crippen molar-refractivity contribution in [1.29, 1.82) is 0 Å². The van der Waals surface area contributed by atoms with E-state index >= 15 is 0 Å². The minimum atomic E-state index is -0.329. The number of rotatable bonds is 9. The second-order valence-corrected chi connectivity index (χ2v) is 9.31. The number of nitrogens with one attached hydrogen (secondary N) is 1. The lowest BCUT2D eigenvalue weighted by atomic mass is 9.87. The topological polar surface area (TPSA) is 61.9 Å². The first-order valence-corrected chi connectivity index (χ1v) is 12.1.